The minimum absolute atomic E-state index is 0.189. The van der Waals surface area contributed by atoms with Crippen molar-refractivity contribution in [3.05, 3.63) is 51.8 Å². The number of amides is 1. The molecule has 3 heterocycles. The lowest BCUT2D eigenvalue weighted by molar-refractivity contribution is 0.102. The van der Waals surface area contributed by atoms with Crippen molar-refractivity contribution in [1.82, 2.24) is 9.97 Å². The number of halogens is 2. The van der Waals surface area contributed by atoms with Crippen molar-refractivity contribution in [2.75, 3.05) is 29.0 Å². The molecule has 0 saturated carbocycles. The molecule has 1 aliphatic rings. The van der Waals surface area contributed by atoms with E-state index < -0.39 is 0 Å². The van der Waals surface area contributed by atoms with E-state index in [1.165, 1.54) is 17.8 Å². The van der Waals surface area contributed by atoms with Crippen molar-refractivity contribution in [2.24, 2.45) is 0 Å². The van der Waals surface area contributed by atoms with Crippen LogP contribution in [-0.4, -0.2) is 29.0 Å². The molecule has 0 aliphatic carbocycles. The van der Waals surface area contributed by atoms with Crippen LogP contribution >= 0.6 is 38.9 Å². The zero-order chi connectivity index (χ0) is 20.4. The number of nitrogens with one attached hydrogen (secondary N) is 1. The molecule has 150 valence electrons. The summed E-state index contributed by atoms with van der Waals surface area (Å²) in [6, 6.07) is 7.41. The molecule has 1 saturated heterocycles. The molecule has 9 heteroatoms. The third kappa shape index (κ3) is 4.39. The van der Waals surface area contributed by atoms with Gasteiger partial charge in [-0.3, -0.25) is 9.78 Å². The number of nitrogens with two attached hydrogens (primary N) is 1. The van der Waals surface area contributed by atoms with Crippen LogP contribution in [0.1, 0.15) is 29.8 Å². The predicted molar refractivity (Wildman–Crippen MR) is 123 cm³/mol. The zero-order valence-corrected chi connectivity index (χ0v) is 18.6. The van der Waals surface area contributed by atoms with Gasteiger partial charge in [-0.25, -0.2) is 4.98 Å². The molecule has 1 aromatic carbocycles. The van der Waals surface area contributed by atoms with Crippen LogP contribution in [0.5, 0.6) is 0 Å². The van der Waals surface area contributed by atoms with Gasteiger partial charge < -0.3 is 16.0 Å². The van der Waals surface area contributed by atoms with Crippen LogP contribution in [0.4, 0.5) is 16.4 Å². The first-order valence-corrected chi connectivity index (χ1v) is 11.2. The van der Waals surface area contributed by atoms with E-state index in [0.717, 1.165) is 41.7 Å². The molecule has 0 unspecified atom stereocenters. The Morgan fingerprint density at radius 2 is 2.03 bits per heavy atom. The van der Waals surface area contributed by atoms with E-state index in [9.17, 15) is 4.79 Å². The fraction of sp³-hybridized carbons (Fsp3) is 0.250. The van der Waals surface area contributed by atoms with E-state index in [-0.39, 0.29) is 11.6 Å². The summed E-state index contributed by atoms with van der Waals surface area (Å²) in [5.41, 5.74) is 8.67. The van der Waals surface area contributed by atoms with Crippen LogP contribution < -0.4 is 16.0 Å². The van der Waals surface area contributed by atoms with E-state index in [1.54, 1.807) is 18.5 Å². The summed E-state index contributed by atoms with van der Waals surface area (Å²) in [4.78, 5) is 23.8. The summed E-state index contributed by atoms with van der Waals surface area (Å²) >= 11 is 11.0. The SMILES string of the molecule is Nc1sc(-c2cc(Br)ccc2Cl)nc1C(=O)Nc1cnccc1N1CCCCC1. The number of anilines is 3. The molecular weight excluding hydrogens is 474 g/mol. The fourth-order valence-electron chi connectivity index (χ4n) is 3.35. The summed E-state index contributed by atoms with van der Waals surface area (Å²) in [5.74, 6) is -0.359. The Kier molecular flexibility index (Phi) is 6.03. The molecule has 1 amide bonds. The summed E-state index contributed by atoms with van der Waals surface area (Å²) in [6.07, 6.45) is 6.93. The third-order valence-corrected chi connectivity index (χ3v) is 6.51. The third-order valence-electron chi connectivity index (χ3n) is 4.77. The second-order valence-corrected chi connectivity index (χ2v) is 9.10. The minimum atomic E-state index is -0.359. The first-order valence-electron chi connectivity index (χ1n) is 9.25. The van der Waals surface area contributed by atoms with Crippen LogP contribution in [0.25, 0.3) is 10.6 Å². The minimum Gasteiger partial charge on any atom is -0.389 e. The van der Waals surface area contributed by atoms with Gasteiger partial charge in [0.2, 0.25) is 0 Å². The lowest BCUT2D eigenvalue weighted by atomic mass is 10.1. The number of benzene rings is 1. The number of carbonyl (C=O) groups excluding carboxylic acids is 1. The quantitative estimate of drug-likeness (QED) is 0.506. The highest BCUT2D eigenvalue weighted by atomic mass is 79.9. The lowest BCUT2D eigenvalue weighted by Crippen LogP contribution is -2.30. The highest BCUT2D eigenvalue weighted by Crippen LogP contribution is 2.36. The maximum atomic E-state index is 12.9. The Bertz CT molecular complexity index is 1050. The van der Waals surface area contributed by atoms with Crippen LogP contribution in [0, 0.1) is 0 Å². The molecule has 0 spiro atoms. The van der Waals surface area contributed by atoms with E-state index in [1.807, 2.05) is 18.2 Å². The Hall–Kier alpha value is -2.16. The van der Waals surface area contributed by atoms with E-state index in [0.29, 0.717) is 20.7 Å². The number of hydrogen-bond acceptors (Lipinski definition) is 6. The van der Waals surface area contributed by atoms with Gasteiger partial charge in [0.05, 0.1) is 22.6 Å². The molecule has 0 bridgehead atoms. The van der Waals surface area contributed by atoms with Gasteiger partial charge in [0.1, 0.15) is 10.0 Å². The molecule has 4 rings (SSSR count). The molecule has 29 heavy (non-hydrogen) atoms. The van der Waals surface area contributed by atoms with Gasteiger partial charge in [-0.05, 0) is 43.5 Å². The maximum Gasteiger partial charge on any atom is 0.277 e. The number of nitrogen functional groups attached to an aromatic ring is 1. The van der Waals surface area contributed by atoms with Crippen molar-refractivity contribution < 1.29 is 4.79 Å². The van der Waals surface area contributed by atoms with E-state index in [2.05, 4.69) is 36.1 Å². The standard InChI is InChI=1S/C20H19BrClN5OS/c21-12-4-5-14(22)13(10-12)20-26-17(18(23)29-20)19(28)25-15-11-24-7-6-16(15)27-8-2-1-3-9-27/h4-7,10-11H,1-3,8-9,23H2,(H,25,28). The molecule has 6 nitrogen and oxygen atoms in total. The maximum absolute atomic E-state index is 12.9. The fourth-order valence-corrected chi connectivity index (χ4v) is 4.83. The number of hydrogen-bond donors (Lipinski definition) is 2. The highest BCUT2D eigenvalue weighted by molar-refractivity contribution is 9.10. The van der Waals surface area contributed by atoms with Gasteiger partial charge in [0.25, 0.3) is 5.91 Å². The molecule has 1 aliphatic heterocycles. The lowest BCUT2D eigenvalue weighted by Gasteiger charge is -2.30. The van der Waals surface area contributed by atoms with Gasteiger partial charge in [-0.2, -0.15) is 0 Å². The number of carbonyl (C=O) groups is 1. The second-order valence-electron chi connectivity index (χ2n) is 6.75. The van der Waals surface area contributed by atoms with E-state index in [4.69, 9.17) is 17.3 Å². The molecule has 0 radical (unpaired) electrons. The normalized spacial score (nSPS) is 14.1. The van der Waals surface area contributed by atoms with Crippen LogP contribution in [0.2, 0.25) is 5.02 Å². The van der Waals surface area contributed by atoms with Crippen molar-refractivity contribution >= 4 is 61.2 Å². The average Bonchev–Trinajstić information content (AvgIpc) is 3.12. The van der Waals surface area contributed by atoms with Crippen LogP contribution in [-0.2, 0) is 0 Å². The van der Waals surface area contributed by atoms with Crippen molar-refractivity contribution in [1.29, 1.82) is 0 Å². The number of nitrogens with zero attached hydrogens (tertiary/aromatic N) is 3. The Balaban J connectivity index is 1.60. The summed E-state index contributed by atoms with van der Waals surface area (Å²) in [6.45, 7) is 1.94. The molecule has 1 fully saturated rings. The first-order chi connectivity index (χ1) is 14.0. The predicted octanol–water partition coefficient (Wildman–Crippen LogP) is 5.45. The number of pyridine rings is 1. The van der Waals surface area contributed by atoms with Gasteiger partial charge in [0, 0.05) is 29.3 Å². The number of piperidine rings is 1. The Morgan fingerprint density at radius 1 is 1.24 bits per heavy atom. The number of aromatic nitrogens is 2. The average molecular weight is 493 g/mol. The van der Waals surface area contributed by atoms with Gasteiger partial charge in [-0.1, -0.05) is 38.9 Å². The van der Waals surface area contributed by atoms with Crippen LogP contribution in [0.3, 0.4) is 0 Å². The largest absolute Gasteiger partial charge is 0.389 e. The summed E-state index contributed by atoms with van der Waals surface area (Å²) in [7, 11) is 0. The Labute approximate surface area is 186 Å². The molecule has 2 aromatic heterocycles. The summed E-state index contributed by atoms with van der Waals surface area (Å²) in [5, 5.41) is 4.43. The monoisotopic (exact) mass is 491 g/mol. The smallest absolute Gasteiger partial charge is 0.277 e. The van der Waals surface area contributed by atoms with Gasteiger partial charge in [-0.15, -0.1) is 0 Å². The van der Waals surface area contributed by atoms with Crippen molar-refractivity contribution in [3.8, 4) is 10.6 Å². The molecule has 3 N–H and O–H groups in total. The topological polar surface area (TPSA) is 84.1 Å². The molecular formula is C20H19BrClN5OS. The first kappa shape index (κ1) is 20.1. The van der Waals surface area contributed by atoms with Crippen molar-refractivity contribution in [2.45, 2.75) is 19.3 Å². The van der Waals surface area contributed by atoms with Crippen molar-refractivity contribution in [3.63, 3.8) is 0 Å². The second kappa shape index (κ2) is 8.69. The highest BCUT2D eigenvalue weighted by Gasteiger charge is 2.21. The van der Waals surface area contributed by atoms with Gasteiger partial charge in [0.15, 0.2) is 5.69 Å². The number of thiazole rings is 1. The van der Waals surface area contributed by atoms with Gasteiger partial charge >= 0.3 is 0 Å². The molecule has 0 atom stereocenters. The van der Waals surface area contributed by atoms with Crippen LogP contribution in [0.15, 0.2) is 41.1 Å². The zero-order valence-electron chi connectivity index (χ0n) is 15.5. The summed E-state index contributed by atoms with van der Waals surface area (Å²) < 4.78 is 0.873. The van der Waals surface area contributed by atoms with E-state index >= 15 is 0 Å². The number of rotatable bonds is 4. The molecule has 3 aromatic rings. The Morgan fingerprint density at radius 3 is 2.83 bits per heavy atom.